The molecule has 0 saturated heterocycles. The van der Waals surface area contributed by atoms with Gasteiger partial charge in [0.2, 0.25) is 0 Å². The van der Waals surface area contributed by atoms with Crippen LogP contribution in [0.4, 0.5) is 4.39 Å². The number of benzene rings is 2. The Hall–Kier alpha value is -2.16. The van der Waals surface area contributed by atoms with E-state index in [9.17, 15) is 4.39 Å². The fraction of sp³-hybridized carbons (Fsp3) is 0.409. The second-order valence-corrected chi connectivity index (χ2v) is 6.40. The average molecular weight is 341 g/mol. The predicted molar refractivity (Wildman–Crippen MR) is 103 cm³/mol. The van der Waals surface area contributed by atoms with Crippen LogP contribution in [0, 0.1) is 11.7 Å². The van der Waals surface area contributed by atoms with Gasteiger partial charge in [-0.15, -0.1) is 0 Å². The number of aliphatic imine (C=N–C) groups is 1. The Morgan fingerprint density at radius 2 is 1.92 bits per heavy atom. The second kappa shape index (κ2) is 10.7. The molecule has 2 aromatic carbocycles. The van der Waals surface area contributed by atoms with Gasteiger partial charge >= 0.3 is 0 Å². The maximum Gasteiger partial charge on any atom is 0.123 e. The van der Waals surface area contributed by atoms with Crippen LogP contribution in [0.25, 0.3) is 0 Å². The van der Waals surface area contributed by atoms with E-state index in [4.69, 9.17) is 4.74 Å². The van der Waals surface area contributed by atoms with Crippen LogP contribution >= 0.6 is 0 Å². The highest BCUT2D eigenvalue weighted by molar-refractivity contribution is 5.79. The van der Waals surface area contributed by atoms with Crippen LogP contribution in [0.3, 0.4) is 0 Å². The molecule has 0 aromatic heterocycles. The highest BCUT2D eigenvalue weighted by Crippen LogP contribution is 2.15. The number of nitrogens with zero attached hydrogens (tertiary/aromatic N) is 1. The molecular formula is C22H28FNO. The maximum absolute atomic E-state index is 13.1. The van der Waals surface area contributed by atoms with E-state index in [0.717, 1.165) is 23.4 Å². The fourth-order valence-electron chi connectivity index (χ4n) is 2.67. The van der Waals surface area contributed by atoms with Crippen molar-refractivity contribution in [3.63, 3.8) is 0 Å². The third kappa shape index (κ3) is 7.08. The summed E-state index contributed by atoms with van der Waals surface area (Å²) >= 11 is 0. The Morgan fingerprint density at radius 3 is 2.60 bits per heavy atom. The third-order valence-corrected chi connectivity index (χ3v) is 4.32. The van der Waals surface area contributed by atoms with Gasteiger partial charge in [-0.3, -0.25) is 4.99 Å². The van der Waals surface area contributed by atoms with E-state index < -0.39 is 0 Å². The number of rotatable bonds is 10. The molecule has 134 valence electrons. The molecule has 2 rings (SSSR count). The molecule has 0 radical (unpaired) electrons. The molecule has 25 heavy (non-hydrogen) atoms. The van der Waals surface area contributed by atoms with E-state index in [1.807, 2.05) is 36.5 Å². The monoisotopic (exact) mass is 341 g/mol. The Labute approximate surface area is 150 Å². The molecule has 0 N–H and O–H groups in total. The molecule has 0 amide bonds. The van der Waals surface area contributed by atoms with E-state index in [-0.39, 0.29) is 5.82 Å². The highest BCUT2D eigenvalue weighted by Gasteiger charge is 2.03. The largest absolute Gasteiger partial charge is 0.489 e. The van der Waals surface area contributed by atoms with Crippen molar-refractivity contribution in [1.29, 1.82) is 0 Å². The molecule has 2 aromatic rings. The molecule has 0 aliphatic carbocycles. The topological polar surface area (TPSA) is 21.6 Å². The van der Waals surface area contributed by atoms with Crippen molar-refractivity contribution in [3.8, 4) is 5.75 Å². The van der Waals surface area contributed by atoms with Gasteiger partial charge in [0.15, 0.2) is 0 Å². The Balaban J connectivity index is 1.81. The van der Waals surface area contributed by atoms with E-state index in [2.05, 4.69) is 18.8 Å². The van der Waals surface area contributed by atoms with Gasteiger partial charge in [-0.2, -0.15) is 0 Å². The van der Waals surface area contributed by atoms with E-state index >= 15 is 0 Å². The normalized spacial score (nSPS) is 12.4. The van der Waals surface area contributed by atoms with E-state index in [1.165, 1.54) is 37.8 Å². The second-order valence-electron chi connectivity index (χ2n) is 6.40. The number of ether oxygens (including phenoxy) is 1. The molecule has 1 unspecified atom stereocenters. The molecule has 0 bridgehead atoms. The molecule has 1 atom stereocenters. The minimum Gasteiger partial charge on any atom is -0.489 e. The van der Waals surface area contributed by atoms with Gasteiger partial charge < -0.3 is 4.74 Å². The van der Waals surface area contributed by atoms with E-state index in [1.54, 1.807) is 6.07 Å². The molecule has 0 saturated carbocycles. The Morgan fingerprint density at radius 1 is 1.12 bits per heavy atom. The first-order chi connectivity index (χ1) is 12.2. The zero-order valence-electron chi connectivity index (χ0n) is 15.2. The third-order valence-electron chi connectivity index (χ3n) is 4.32. The van der Waals surface area contributed by atoms with Crippen molar-refractivity contribution in [2.24, 2.45) is 10.9 Å². The van der Waals surface area contributed by atoms with Crippen molar-refractivity contribution in [1.82, 2.24) is 0 Å². The lowest BCUT2D eigenvalue weighted by Gasteiger charge is -2.10. The number of hydrogen-bond acceptors (Lipinski definition) is 2. The Bertz CT molecular complexity index is 651. The van der Waals surface area contributed by atoms with Crippen LogP contribution < -0.4 is 4.74 Å². The van der Waals surface area contributed by atoms with Crippen molar-refractivity contribution in [2.45, 2.75) is 46.1 Å². The van der Waals surface area contributed by atoms with E-state index in [0.29, 0.717) is 12.5 Å². The lowest BCUT2D eigenvalue weighted by Crippen LogP contribution is -2.03. The van der Waals surface area contributed by atoms with Crippen molar-refractivity contribution in [2.75, 3.05) is 6.54 Å². The van der Waals surface area contributed by atoms with Crippen molar-refractivity contribution < 1.29 is 9.13 Å². The van der Waals surface area contributed by atoms with Gasteiger partial charge in [0, 0.05) is 12.8 Å². The average Bonchev–Trinajstić information content (AvgIpc) is 2.64. The SMILES string of the molecule is CCCCC(CC)C/N=C/c1ccc(OCc2cccc(F)c2)cc1. The molecule has 0 aliphatic rings. The molecule has 0 aliphatic heterocycles. The number of halogens is 1. The molecular weight excluding hydrogens is 313 g/mol. The van der Waals surface area contributed by atoms with Crippen LogP contribution in [-0.2, 0) is 6.61 Å². The van der Waals surface area contributed by atoms with Crippen LogP contribution in [0.1, 0.15) is 50.7 Å². The van der Waals surface area contributed by atoms with Gasteiger partial charge in [-0.1, -0.05) is 45.2 Å². The lowest BCUT2D eigenvalue weighted by molar-refractivity contribution is 0.305. The molecule has 0 fully saturated rings. The zero-order valence-corrected chi connectivity index (χ0v) is 15.2. The summed E-state index contributed by atoms with van der Waals surface area (Å²) in [6, 6.07) is 14.3. The van der Waals surface area contributed by atoms with Gasteiger partial charge in [0.1, 0.15) is 18.2 Å². The smallest absolute Gasteiger partial charge is 0.123 e. The number of unbranched alkanes of at least 4 members (excludes halogenated alkanes) is 1. The summed E-state index contributed by atoms with van der Waals surface area (Å²) in [4.78, 5) is 4.59. The van der Waals surface area contributed by atoms with Crippen molar-refractivity contribution >= 4 is 6.21 Å². The van der Waals surface area contributed by atoms with Crippen molar-refractivity contribution in [3.05, 3.63) is 65.5 Å². The summed E-state index contributed by atoms with van der Waals surface area (Å²) in [6.45, 7) is 5.73. The highest BCUT2D eigenvalue weighted by atomic mass is 19.1. The van der Waals surface area contributed by atoms with Gasteiger partial charge in [-0.05, 0) is 59.9 Å². The standard InChI is InChI=1S/C22H28FNO/c1-3-5-7-18(4-2)15-24-16-19-10-12-22(13-11-19)25-17-20-8-6-9-21(23)14-20/h6,8-14,16,18H,3-5,7,15,17H2,1-2H3/b24-16+. The minimum absolute atomic E-state index is 0.239. The summed E-state index contributed by atoms with van der Waals surface area (Å²) in [7, 11) is 0. The lowest BCUT2D eigenvalue weighted by atomic mass is 10.00. The molecule has 0 spiro atoms. The van der Waals surface area contributed by atoms with Gasteiger partial charge in [0.05, 0.1) is 0 Å². The number of hydrogen-bond donors (Lipinski definition) is 0. The summed E-state index contributed by atoms with van der Waals surface area (Å²) in [5.74, 6) is 1.22. The molecule has 0 heterocycles. The first kappa shape index (κ1) is 19.2. The van der Waals surface area contributed by atoms with Crippen LogP contribution in [0.15, 0.2) is 53.5 Å². The Kier molecular flexibility index (Phi) is 8.17. The summed E-state index contributed by atoms with van der Waals surface area (Å²) in [6.07, 6.45) is 6.91. The van der Waals surface area contributed by atoms with Crippen LogP contribution in [0.2, 0.25) is 0 Å². The minimum atomic E-state index is -0.239. The van der Waals surface area contributed by atoms with Gasteiger partial charge in [-0.25, -0.2) is 4.39 Å². The fourth-order valence-corrected chi connectivity index (χ4v) is 2.67. The van der Waals surface area contributed by atoms with Crippen LogP contribution in [-0.4, -0.2) is 12.8 Å². The first-order valence-electron chi connectivity index (χ1n) is 9.18. The quantitative estimate of drug-likeness (QED) is 0.483. The summed E-state index contributed by atoms with van der Waals surface area (Å²) < 4.78 is 18.8. The molecule has 3 heteroatoms. The van der Waals surface area contributed by atoms with Gasteiger partial charge in [0.25, 0.3) is 0 Å². The zero-order chi connectivity index (χ0) is 17.9. The predicted octanol–water partition coefficient (Wildman–Crippen LogP) is 6.04. The summed E-state index contributed by atoms with van der Waals surface area (Å²) in [5.41, 5.74) is 1.90. The van der Waals surface area contributed by atoms with Crippen LogP contribution in [0.5, 0.6) is 5.75 Å². The molecule has 2 nitrogen and oxygen atoms in total. The maximum atomic E-state index is 13.1. The first-order valence-corrected chi connectivity index (χ1v) is 9.18. The summed E-state index contributed by atoms with van der Waals surface area (Å²) in [5, 5.41) is 0.